The van der Waals surface area contributed by atoms with Crippen LogP contribution >= 0.6 is 0 Å². The number of alkyl halides is 3. The van der Waals surface area contributed by atoms with Crippen LogP contribution < -0.4 is 5.14 Å². The van der Waals surface area contributed by atoms with Gasteiger partial charge < -0.3 is 5.11 Å². The zero-order chi connectivity index (χ0) is 17.5. The van der Waals surface area contributed by atoms with Crippen LogP contribution in [0.3, 0.4) is 0 Å². The van der Waals surface area contributed by atoms with E-state index in [1.54, 1.807) is 6.07 Å². The van der Waals surface area contributed by atoms with Gasteiger partial charge in [0.15, 0.2) is 5.60 Å². The normalized spacial score (nSPS) is 15.2. The van der Waals surface area contributed by atoms with Gasteiger partial charge in [-0.3, -0.25) is 0 Å². The molecule has 1 unspecified atom stereocenters. The Morgan fingerprint density at radius 2 is 1.52 bits per heavy atom. The first-order valence-corrected chi connectivity index (χ1v) is 8.01. The van der Waals surface area contributed by atoms with Crippen molar-refractivity contribution in [3.05, 3.63) is 54.1 Å². The third kappa shape index (κ3) is 3.39. The number of benzene rings is 2. The van der Waals surface area contributed by atoms with Crippen LogP contribution in [0.15, 0.2) is 53.4 Å². The molecule has 0 saturated heterocycles. The Balaban J connectivity index is 2.51. The van der Waals surface area contributed by atoms with Gasteiger partial charge in [-0.1, -0.05) is 42.5 Å². The van der Waals surface area contributed by atoms with Crippen molar-refractivity contribution < 1.29 is 26.7 Å². The van der Waals surface area contributed by atoms with Crippen LogP contribution in [0.5, 0.6) is 0 Å². The van der Waals surface area contributed by atoms with Gasteiger partial charge in [-0.05, 0) is 24.1 Å². The quantitative estimate of drug-likeness (QED) is 0.898. The lowest BCUT2D eigenvalue weighted by Gasteiger charge is -2.26. The molecule has 23 heavy (non-hydrogen) atoms. The first-order chi connectivity index (χ1) is 10.4. The number of aliphatic hydroxyl groups is 1. The molecule has 8 heteroatoms. The first kappa shape index (κ1) is 17.5. The fourth-order valence-electron chi connectivity index (χ4n) is 2.09. The van der Waals surface area contributed by atoms with Gasteiger partial charge >= 0.3 is 6.18 Å². The first-order valence-electron chi connectivity index (χ1n) is 6.46. The van der Waals surface area contributed by atoms with Gasteiger partial charge in [-0.15, -0.1) is 0 Å². The predicted molar refractivity (Wildman–Crippen MR) is 78.9 cm³/mol. The van der Waals surface area contributed by atoms with Crippen LogP contribution in [0.1, 0.15) is 12.5 Å². The highest BCUT2D eigenvalue weighted by molar-refractivity contribution is 7.89. The molecule has 0 spiro atoms. The standard InChI is InChI=1S/C15H14F3NO3S/c1-14(20,15(16,17)18)11-8-6-10(7-9-11)12-4-2-3-5-13(12)23(19,21)22/h2-9,20H,1H3,(H2,19,21,22). The maximum atomic E-state index is 12.8. The summed E-state index contributed by atoms with van der Waals surface area (Å²) in [7, 11) is -3.97. The Morgan fingerprint density at radius 1 is 1.00 bits per heavy atom. The molecule has 2 aromatic rings. The van der Waals surface area contributed by atoms with Gasteiger partial charge in [0.1, 0.15) is 0 Å². The van der Waals surface area contributed by atoms with Gasteiger partial charge in [-0.25, -0.2) is 13.6 Å². The molecule has 0 saturated carbocycles. The second kappa shape index (κ2) is 5.63. The second-order valence-electron chi connectivity index (χ2n) is 5.19. The predicted octanol–water partition coefficient (Wildman–Crippen LogP) is 2.77. The molecule has 0 amide bonds. The molecule has 4 nitrogen and oxygen atoms in total. The van der Waals surface area contributed by atoms with Crippen LogP contribution in [-0.2, 0) is 15.6 Å². The molecule has 0 fully saturated rings. The SMILES string of the molecule is CC(O)(c1ccc(-c2ccccc2S(N)(=O)=O)cc1)C(F)(F)F. The molecule has 0 aromatic heterocycles. The fourth-order valence-corrected chi connectivity index (χ4v) is 2.85. The minimum absolute atomic E-state index is 0.129. The molecule has 124 valence electrons. The van der Waals surface area contributed by atoms with Crippen molar-refractivity contribution in [1.82, 2.24) is 0 Å². The zero-order valence-electron chi connectivity index (χ0n) is 12.0. The summed E-state index contributed by atoms with van der Waals surface area (Å²) in [4.78, 5) is -0.129. The summed E-state index contributed by atoms with van der Waals surface area (Å²) in [5.41, 5.74) is -2.70. The maximum absolute atomic E-state index is 12.8. The lowest BCUT2D eigenvalue weighted by molar-refractivity contribution is -0.258. The lowest BCUT2D eigenvalue weighted by Crippen LogP contribution is -2.39. The summed E-state index contributed by atoms with van der Waals surface area (Å²) in [6, 6.07) is 10.7. The Labute approximate surface area is 131 Å². The number of hydrogen-bond donors (Lipinski definition) is 2. The number of rotatable bonds is 3. The molecule has 2 rings (SSSR count). The van der Waals surface area contributed by atoms with E-state index in [-0.39, 0.29) is 16.0 Å². The highest BCUT2D eigenvalue weighted by atomic mass is 32.2. The molecule has 0 heterocycles. The average Bonchev–Trinajstić information content (AvgIpc) is 2.45. The zero-order valence-corrected chi connectivity index (χ0v) is 12.8. The summed E-state index contributed by atoms with van der Waals surface area (Å²) in [5.74, 6) is 0. The number of hydrogen-bond acceptors (Lipinski definition) is 3. The van der Waals surface area contributed by atoms with E-state index in [9.17, 15) is 26.7 Å². The molecule has 0 bridgehead atoms. The average molecular weight is 345 g/mol. The Morgan fingerprint density at radius 3 is 2.00 bits per heavy atom. The molecule has 3 N–H and O–H groups in total. The van der Waals surface area contributed by atoms with E-state index in [1.807, 2.05) is 0 Å². The van der Waals surface area contributed by atoms with Crippen LogP contribution in [-0.4, -0.2) is 19.7 Å². The van der Waals surface area contributed by atoms with Gasteiger partial charge in [0.25, 0.3) is 0 Å². The van der Waals surface area contributed by atoms with Gasteiger partial charge in [0.2, 0.25) is 10.0 Å². The number of sulfonamides is 1. The summed E-state index contributed by atoms with van der Waals surface area (Å²) in [6.45, 7) is 0.653. The van der Waals surface area contributed by atoms with E-state index in [1.165, 1.54) is 30.3 Å². The summed E-state index contributed by atoms with van der Waals surface area (Å²) in [5, 5.41) is 14.8. The van der Waals surface area contributed by atoms with Crippen molar-refractivity contribution in [3.8, 4) is 11.1 Å². The third-order valence-corrected chi connectivity index (χ3v) is 4.47. The molecule has 0 aliphatic heterocycles. The fraction of sp³-hybridized carbons (Fsp3) is 0.200. The summed E-state index contributed by atoms with van der Waals surface area (Å²) >= 11 is 0. The van der Waals surface area contributed by atoms with E-state index in [0.717, 1.165) is 12.1 Å². The minimum Gasteiger partial charge on any atom is -0.376 e. The van der Waals surface area contributed by atoms with Crippen LogP contribution in [0.4, 0.5) is 13.2 Å². The lowest BCUT2D eigenvalue weighted by atomic mass is 9.93. The number of primary sulfonamides is 1. The topological polar surface area (TPSA) is 80.4 Å². The van der Waals surface area contributed by atoms with Gasteiger partial charge in [-0.2, -0.15) is 13.2 Å². The van der Waals surface area contributed by atoms with E-state index < -0.39 is 21.8 Å². The number of halogens is 3. The van der Waals surface area contributed by atoms with Crippen molar-refractivity contribution in [2.75, 3.05) is 0 Å². The molecule has 2 aromatic carbocycles. The highest BCUT2D eigenvalue weighted by Crippen LogP contribution is 2.39. The van der Waals surface area contributed by atoms with Crippen molar-refractivity contribution in [3.63, 3.8) is 0 Å². The second-order valence-corrected chi connectivity index (χ2v) is 6.72. The third-order valence-electron chi connectivity index (χ3n) is 3.50. The minimum atomic E-state index is -4.83. The Hall–Kier alpha value is -1.90. The number of nitrogens with two attached hydrogens (primary N) is 1. The van der Waals surface area contributed by atoms with Crippen molar-refractivity contribution in [2.45, 2.75) is 23.6 Å². The smallest absolute Gasteiger partial charge is 0.376 e. The van der Waals surface area contributed by atoms with Gasteiger partial charge in [0.05, 0.1) is 4.90 Å². The van der Waals surface area contributed by atoms with E-state index >= 15 is 0 Å². The molecule has 1 atom stereocenters. The van der Waals surface area contributed by atoms with Crippen LogP contribution in [0.2, 0.25) is 0 Å². The van der Waals surface area contributed by atoms with Gasteiger partial charge in [0, 0.05) is 5.56 Å². The summed E-state index contributed by atoms with van der Waals surface area (Å²) in [6.07, 6.45) is -4.83. The van der Waals surface area contributed by atoms with Crippen LogP contribution in [0, 0.1) is 0 Å². The molecular formula is C15H14F3NO3S. The summed E-state index contributed by atoms with van der Waals surface area (Å²) < 4.78 is 61.6. The Kier molecular flexibility index (Phi) is 4.27. The monoisotopic (exact) mass is 345 g/mol. The maximum Gasteiger partial charge on any atom is 0.421 e. The molecular weight excluding hydrogens is 331 g/mol. The molecule has 0 aliphatic carbocycles. The van der Waals surface area contributed by atoms with E-state index in [4.69, 9.17) is 5.14 Å². The van der Waals surface area contributed by atoms with Crippen LogP contribution in [0.25, 0.3) is 11.1 Å². The largest absolute Gasteiger partial charge is 0.421 e. The van der Waals surface area contributed by atoms with E-state index in [2.05, 4.69) is 0 Å². The van der Waals surface area contributed by atoms with E-state index in [0.29, 0.717) is 12.5 Å². The molecule has 0 radical (unpaired) electrons. The van der Waals surface area contributed by atoms with Crippen molar-refractivity contribution >= 4 is 10.0 Å². The molecule has 0 aliphatic rings. The van der Waals surface area contributed by atoms with Crippen molar-refractivity contribution in [2.24, 2.45) is 5.14 Å². The van der Waals surface area contributed by atoms with Crippen molar-refractivity contribution in [1.29, 1.82) is 0 Å². The Bertz CT molecular complexity index is 813. The highest BCUT2D eigenvalue weighted by Gasteiger charge is 2.51.